The van der Waals surface area contributed by atoms with Crippen LogP contribution in [0, 0.1) is 0 Å². The Morgan fingerprint density at radius 2 is 0.788 bits per heavy atom. The minimum Gasteiger partial charge on any atom is -0.505 e. The van der Waals surface area contributed by atoms with Gasteiger partial charge in [0.25, 0.3) is 17.7 Å². The number of aromatic hydroxyl groups is 2. The topological polar surface area (TPSA) is 267 Å². The van der Waals surface area contributed by atoms with Crippen molar-refractivity contribution in [2.24, 2.45) is 4.99 Å². The number of hydrogen-bond acceptors (Lipinski definition) is 22. The van der Waals surface area contributed by atoms with Crippen LogP contribution >= 0.6 is 132 Å². The van der Waals surface area contributed by atoms with Gasteiger partial charge >= 0.3 is 17.9 Å². The zero-order valence-electron chi connectivity index (χ0n) is 47.3. The van der Waals surface area contributed by atoms with Crippen LogP contribution in [-0.4, -0.2) is 156 Å². The smallest absolute Gasteiger partial charge is 0.351 e. The summed E-state index contributed by atoms with van der Waals surface area (Å²) >= 11 is 20.2. The molecule has 0 aliphatic rings. The predicted octanol–water partition coefficient (Wildman–Crippen LogP) is 14.1. The molecule has 0 atom stereocenters. The molecule has 6 aromatic heterocycles. The molecule has 2 aromatic carbocycles. The number of nitrogens with zero attached hydrogens (tertiary/aromatic N) is 4. The van der Waals surface area contributed by atoms with E-state index in [0.717, 1.165) is 59.8 Å². The number of nitrogens with two attached hydrogens (primary N) is 1. The van der Waals surface area contributed by atoms with Crippen molar-refractivity contribution in [3.05, 3.63) is 151 Å². The van der Waals surface area contributed by atoms with Crippen molar-refractivity contribution in [1.29, 1.82) is 0 Å². The summed E-state index contributed by atoms with van der Waals surface area (Å²) in [7, 11) is 18.8. The van der Waals surface area contributed by atoms with Crippen molar-refractivity contribution in [1.82, 2.24) is 14.7 Å². The van der Waals surface area contributed by atoms with Crippen LogP contribution in [0.4, 0.5) is 11.4 Å². The Morgan fingerprint density at radius 3 is 1.15 bits per heavy atom. The molecule has 8 aromatic rings. The maximum Gasteiger partial charge on any atom is 0.351 e. The van der Waals surface area contributed by atoms with Gasteiger partial charge in [-0.2, -0.15) is 0 Å². The number of carboxylic acid groups (broad SMARTS) is 1. The first kappa shape index (κ1) is 72.9. The van der Waals surface area contributed by atoms with E-state index in [2.05, 4.69) is 73.2 Å². The fourth-order valence-corrected chi connectivity index (χ4v) is 14.1. The molecule has 0 spiro atoms. The van der Waals surface area contributed by atoms with Crippen LogP contribution < -0.4 is 24.7 Å². The van der Waals surface area contributed by atoms with Gasteiger partial charge in [-0.05, 0) is 63.7 Å². The molecule has 0 aliphatic carbocycles. The van der Waals surface area contributed by atoms with Crippen molar-refractivity contribution in [3.8, 4) is 34.5 Å². The lowest BCUT2D eigenvalue weighted by Gasteiger charge is -2.11. The molecule has 0 saturated carbocycles. The average Bonchev–Trinajstić information content (AvgIpc) is 4.53. The van der Waals surface area contributed by atoms with Gasteiger partial charge in [0.2, 0.25) is 0 Å². The highest BCUT2D eigenvalue weighted by molar-refractivity contribution is 9.11. The Morgan fingerprint density at radius 1 is 0.447 bits per heavy atom. The predicted molar refractivity (Wildman–Crippen MR) is 353 cm³/mol. The summed E-state index contributed by atoms with van der Waals surface area (Å²) in [6.45, 7) is 0. The first-order chi connectivity index (χ1) is 40.3. The largest absolute Gasteiger partial charge is 0.505 e. The molecular formula is C55H57Br4N5O15S6. The average molecular weight is 1540 g/mol. The normalized spacial score (nSPS) is 9.88. The van der Waals surface area contributed by atoms with Crippen molar-refractivity contribution in [3.63, 3.8) is 0 Å². The van der Waals surface area contributed by atoms with E-state index in [1.165, 1.54) is 77.1 Å². The van der Waals surface area contributed by atoms with E-state index in [1.807, 2.05) is 71.4 Å². The molecular weight excluding hydrogens is 1480 g/mol. The molecule has 0 bridgehead atoms. The molecule has 0 aliphatic heterocycles. The summed E-state index contributed by atoms with van der Waals surface area (Å²) in [5, 5.41) is 37.5. The monoisotopic (exact) mass is 1530 g/mol. The van der Waals surface area contributed by atoms with E-state index < -0.39 is 11.9 Å². The van der Waals surface area contributed by atoms with Crippen LogP contribution in [0.25, 0.3) is 0 Å². The number of aromatic carboxylic acids is 1. The van der Waals surface area contributed by atoms with Gasteiger partial charge in [-0.3, -0.25) is 14.4 Å². The number of esters is 2. The zero-order valence-corrected chi connectivity index (χ0v) is 58.5. The number of carbonyl (C=O) groups excluding carboxylic acids is 5. The minimum absolute atomic E-state index is 0.0347. The van der Waals surface area contributed by atoms with Gasteiger partial charge in [0.05, 0.1) is 71.9 Å². The molecule has 0 unspecified atom stereocenters. The molecule has 6 heterocycles. The third-order valence-electron chi connectivity index (χ3n) is 10.2. The molecule has 3 amide bonds. The summed E-state index contributed by atoms with van der Waals surface area (Å²) in [6.07, 6.45) is 0. The SMILES string of the molecule is CN(C)C(=O)c1scc(N)c1O.COC(=O)c1scc(Br)c1O.COC(=O)c1scc(Br)c1OC.COc1c(Br)csc1C(=O)N(C)C.COc1c(Br)csc1C(=O)O.COc1c(N=C(c2ccccc2)c2ccccc2)csc1C(=O)N(C)C. The first-order valence-corrected chi connectivity index (χ1v) is 32.1. The van der Waals surface area contributed by atoms with Gasteiger partial charge in [0.15, 0.2) is 49.1 Å². The number of rotatable bonds is 13. The molecule has 0 fully saturated rings. The van der Waals surface area contributed by atoms with Crippen molar-refractivity contribution >= 4 is 184 Å². The van der Waals surface area contributed by atoms with Gasteiger partial charge in [-0.15, -0.1) is 68.0 Å². The maximum atomic E-state index is 12.4. The van der Waals surface area contributed by atoms with Crippen LogP contribution in [0.5, 0.6) is 34.5 Å². The second-order valence-electron chi connectivity index (χ2n) is 16.5. The van der Waals surface area contributed by atoms with E-state index >= 15 is 0 Å². The molecule has 85 heavy (non-hydrogen) atoms. The highest BCUT2D eigenvalue weighted by Crippen LogP contribution is 2.40. The molecule has 8 rings (SSSR count). The summed E-state index contributed by atoms with van der Waals surface area (Å²) < 4.78 is 32.3. The molecule has 30 heteroatoms. The van der Waals surface area contributed by atoms with Crippen LogP contribution in [0.3, 0.4) is 0 Å². The Balaban J connectivity index is 0.000000279. The van der Waals surface area contributed by atoms with E-state index in [0.29, 0.717) is 52.3 Å². The summed E-state index contributed by atoms with van der Waals surface area (Å²) in [4.78, 5) is 79.4. The number of nitrogen functional groups attached to an aromatic ring is 1. The molecule has 0 saturated heterocycles. The number of anilines is 1. The lowest BCUT2D eigenvalue weighted by molar-refractivity contribution is 0.0593. The highest BCUT2D eigenvalue weighted by atomic mass is 79.9. The van der Waals surface area contributed by atoms with Gasteiger partial charge in [0.1, 0.15) is 20.3 Å². The third kappa shape index (κ3) is 20.4. The summed E-state index contributed by atoms with van der Waals surface area (Å²) in [5.41, 5.74) is 9.13. The van der Waals surface area contributed by atoms with Gasteiger partial charge in [-0.1, -0.05) is 60.7 Å². The van der Waals surface area contributed by atoms with Gasteiger partial charge in [-0.25, -0.2) is 19.4 Å². The number of carbonyl (C=O) groups is 6. The van der Waals surface area contributed by atoms with Crippen LogP contribution in [0.15, 0.2) is 116 Å². The van der Waals surface area contributed by atoms with Crippen molar-refractivity contribution in [2.45, 2.75) is 0 Å². The number of ether oxygens (including phenoxy) is 6. The van der Waals surface area contributed by atoms with Crippen LogP contribution in [-0.2, 0) is 9.47 Å². The van der Waals surface area contributed by atoms with Gasteiger partial charge < -0.3 is 64.2 Å². The lowest BCUT2D eigenvalue weighted by Crippen LogP contribution is -2.21. The lowest BCUT2D eigenvalue weighted by atomic mass is 10.0. The standard InChI is InChI=1S/C21H20N2O2S.C8H10BrNO2S.C7H7BrO3S.C7H10N2O2S.2C6H5BrO3S/c1-23(2)21(24)20-19(25-3)17(14-26-20)22-18(15-10-6-4-7-11-15)16-12-8-5-9-13-16;1-10(2)8(11)7-6(12-3)5(9)4-13-7;1-10-5-4(8)3-12-6(5)7(9)11-2;1-9(2)7(11)6-5(10)4(8)3-12-6;1-10-4-3(7)2-11-5(4)6(8)9;1-10-6(9)5-4(8)3(7)2-11-5/h4-14H,1-3H3;4H,1-3H3;3H,1-2H3;3,10H,8H2,1-2H3;2H,1H3,(H,8,9);2,8H,1H3. The Bertz CT molecular complexity index is 3500. The highest BCUT2D eigenvalue weighted by Gasteiger charge is 2.23. The quantitative estimate of drug-likeness (QED) is 0.0617. The number of hydrogen-bond donors (Lipinski definition) is 4. The van der Waals surface area contributed by atoms with Crippen LogP contribution in [0.2, 0.25) is 0 Å². The Labute approximate surface area is 548 Å². The number of benzene rings is 2. The zero-order chi connectivity index (χ0) is 63.8. The van der Waals surface area contributed by atoms with E-state index in [1.54, 1.807) is 78.0 Å². The molecule has 456 valence electrons. The number of methoxy groups -OCH3 is 6. The molecule has 20 nitrogen and oxygen atoms in total. The number of halogens is 4. The number of thiophene rings is 6. The molecule has 0 radical (unpaired) electrons. The minimum atomic E-state index is -0.961. The fraction of sp³-hybridized carbons (Fsp3) is 0.218. The second-order valence-corrected chi connectivity index (χ2v) is 25.2. The number of aliphatic imine (C=N–C) groups is 1. The first-order valence-electron chi connectivity index (χ1n) is 23.6. The van der Waals surface area contributed by atoms with E-state index in [-0.39, 0.29) is 55.5 Å². The second kappa shape index (κ2) is 36.0. The Kier molecular flexibility index (Phi) is 30.8. The molecule has 5 N–H and O–H groups in total. The number of carboxylic acids is 1. The summed E-state index contributed by atoms with van der Waals surface area (Å²) in [5.74, 6) is -0.314. The van der Waals surface area contributed by atoms with Gasteiger partial charge in [0, 0.05) is 85.7 Å². The van der Waals surface area contributed by atoms with E-state index in [4.69, 9.17) is 34.8 Å². The van der Waals surface area contributed by atoms with Crippen molar-refractivity contribution in [2.75, 3.05) is 90.7 Å². The van der Waals surface area contributed by atoms with Crippen LogP contribution in [0.1, 0.15) is 69.2 Å². The maximum absolute atomic E-state index is 12.4. The fourth-order valence-electron chi connectivity index (χ4n) is 6.14. The Hall–Kier alpha value is -6.35. The summed E-state index contributed by atoms with van der Waals surface area (Å²) in [6, 6.07) is 20.0. The number of amides is 3. The third-order valence-corrected chi connectivity index (χ3v) is 19.5. The van der Waals surface area contributed by atoms with Crippen molar-refractivity contribution < 1.29 is 72.5 Å². The van der Waals surface area contributed by atoms with E-state index in [9.17, 15) is 39.0 Å².